The fourth-order valence-electron chi connectivity index (χ4n) is 2.75. The van der Waals surface area contributed by atoms with Crippen molar-refractivity contribution >= 4 is 29.0 Å². The Bertz CT molecular complexity index is 907. The molecule has 0 saturated carbocycles. The van der Waals surface area contributed by atoms with Crippen molar-refractivity contribution in [2.75, 3.05) is 23.8 Å². The van der Waals surface area contributed by atoms with Gasteiger partial charge < -0.3 is 14.8 Å². The number of carbonyl (C=O) groups excluding carboxylic acids is 1. The molecule has 0 fully saturated rings. The first-order chi connectivity index (χ1) is 13.0. The number of aromatic nitrogens is 3. The van der Waals surface area contributed by atoms with Gasteiger partial charge in [-0.25, -0.2) is 9.97 Å². The van der Waals surface area contributed by atoms with Gasteiger partial charge in [0.05, 0.1) is 5.56 Å². The fourth-order valence-corrected chi connectivity index (χ4v) is 2.94. The lowest BCUT2D eigenvalue weighted by molar-refractivity contribution is 0.102. The Morgan fingerprint density at radius 2 is 2.11 bits per heavy atom. The lowest BCUT2D eigenvalue weighted by Crippen LogP contribution is -2.21. The van der Waals surface area contributed by atoms with Gasteiger partial charge in [-0.15, -0.1) is 0 Å². The quantitative estimate of drug-likeness (QED) is 0.669. The molecule has 0 radical (unpaired) electrons. The van der Waals surface area contributed by atoms with E-state index in [4.69, 9.17) is 11.6 Å². The summed E-state index contributed by atoms with van der Waals surface area (Å²) in [4.78, 5) is 23.0. The SMILES string of the molecule is Cc1nccn1CCCN(C)c1ccc(C(=O)Nc2cccc(Cl)c2)cn1. The van der Waals surface area contributed by atoms with Crippen LogP contribution >= 0.6 is 11.6 Å². The van der Waals surface area contributed by atoms with Crippen LogP contribution in [0.2, 0.25) is 5.02 Å². The van der Waals surface area contributed by atoms with Gasteiger partial charge in [-0.3, -0.25) is 4.79 Å². The van der Waals surface area contributed by atoms with Gasteiger partial charge in [-0.1, -0.05) is 17.7 Å². The van der Waals surface area contributed by atoms with Crippen molar-refractivity contribution in [1.29, 1.82) is 0 Å². The molecule has 2 aromatic heterocycles. The van der Waals surface area contributed by atoms with E-state index in [0.717, 1.165) is 31.2 Å². The molecule has 3 aromatic rings. The third-order valence-corrected chi connectivity index (χ3v) is 4.53. The minimum atomic E-state index is -0.213. The molecular formula is C20H22ClN5O. The van der Waals surface area contributed by atoms with Gasteiger partial charge in [0.1, 0.15) is 11.6 Å². The highest BCUT2D eigenvalue weighted by atomic mass is 35.5. The summed E-state index contributed by atoms with van der Waals surface area (Å²) in [6.45, 7) is 3.77. The molecule has 0 aliphatic rings. The normalized spacial score (nSPS) is 10.6. The summed E-state index contributed by atoms with van der Waals surface area (Å²) >= 11 is 5.94. The van der Waals surface area contributed by atoms with E-state index in [1.165, 1.54) is 0 Å². The van der Waals surface area contributed by atoms with Crippen LogP contribution in [0.1, 0.15) is 22.6 Å². The molecule has 1 amide bonds. The van der Waals surface area contributed by atoms with Gasteiger partial charge in [0.15, 0.2) is 0 Å². The molecular weight excluding hydrogens is 362 g/mol. The number of rotatable bonds is 7. The molecule has 0 atom stereocenters. The molecule has 0 bridgehead atoms. The molecule has 7 heteroatoms. The summed E-state index contributed by atoms with van der Waals surface area (Å²) in [6.07, 6.45) is 6.37. The Kier molecular flexibility index (Phi) is 6.08. The van der Waals surface area contributed by atoms with Gasteiger partial charge in [-0.05, 0) is 43.7 Å². The molecule has 6 nitrogen and oxygen atoms in total. The van der Waals surface area contributed by atoms with Gasteiger partial charge in [0.25, 0.3) is 5.91 Å². The first-order valence-corrected chi connectivity index (χ1v) is 9.12. The molecule has 2 heterocycles. The number of nitrogens with one attached hydrogen (secondary N) is 1. The van der Waals surface area contributed by atoms with Crippen LogP contribution in [0.15, 0.2) is 55.0 Å². The summed E-state index contributed by atoms with van der Waals surface area (Å²) in [7, 11) is 1.99. The molecule has 27 heavy (non-hydrogen) atoms. The van der Waals surface area contributed by atoms with Crippen LogP contribution in [0.5, 0.6) is 0 Å². The van der Waals surface area contributed by atoms with Crippen molar-refractivity contribution in [1.82, 2.24) is 14.5 Å². The Labute approximate surface area is 163 Å². The summed E-state index contributed by atoms with van der Waals surface area (Å²) in [5, 5.41) is 3.39. The van der Waals surface area contributed by atoms with Crippen LogP contribution < -0.4 is 10.2 Å². The number of aryl methyl sites for hydroxylation is 2. The number of amides is 1. The van der Waals surface area contributed by atoms with E-state index in [9.17, 15) is 4.79 Å². The lowest BCUT2D eigenvalue weighted by Gasteiger charge is -2.18. The van der Waals surface area contributed by atoms with E-state index in [2.05, 4.69) is 24.8 Å². The molecule has 0 unspecified atom stereocenters. The summed E-state index contributed by atoms with van der Waals surface area (Å²) in [6, 6.07) is 10.7. The number of carbonyl (C=O) groups is 1. The van der Waals surface area contributed by atoms with E-state index >= 15 is 0 Å². The van der Waals surface area contributed by atoms with Gasteiger partial charge in [0, 0.05) is 49.4 Å². The molecule has 1 N–H and O–H groups in total. The van der Waals surface area contributed by atoms with E-state index in [1.807, 2.05) is 32.4 Å². The minimum Gasteiger partial charge on any atom is -0.360 e. The summed E-state index contributed by atoms with van der Waals surface area (Å²) in [5.74, 6) is 1.64. The summed E-state index contributed by atoms with van der Waals surface area (Å²) in [5.41, 5.74) is 1.16. The zero-order valence-electron chi connectivity index (χ0n) is 15.4. The predicted octanol–water partition coefficient (Wildman–Crippen LogP) is 4.02. The second-order valence-electron chi connectivity index (χ2n) is 6.31. The third kappa shape index (κ3) is 5.08. The Morgan fingerprint density at radius 3 is 2.78 bits per heavy atom. The smallest absolute Gasteiger partial charge is 0.257 e. The second-order valence-corrected chi connectivity index (χ2v) is 6.75. The van der Waals surface area contributed by atoms with Crippen molar-refractivity contribution in [3.8, 4) is 0 Å². The molecule has 3 rings (SSSR count). The van der Waals surface area contributed by atoms with E-state index in [0.29, 0.717) is 16.3 Å². The maximum Gasteiger partial charge on any atom is 0.257 e. The monoisotopic (exact) mass is 383 g/mol. The fraction of sp³-hybridized carbons (Fsp3) is 0.250. The average Bonchev–Trinajstić information content (AvgIpc) is 3.07. The highest BCUT2D eigenvalue weighted by molar-refractivity contribution is 6.30. The first kappa shape index (κ1) is 18.9. The van der Waals surface area contributed by atoms with Crippen molar-refractivity contribution in [3.05, 3.63) is 71.4 Å². The Hall–Kier alpha value is -2.86. The average molecular weight is 384 g/mol. The number of benzene rings is 1. The van der Waals surface area contributed by atoms with Gasteiger partial charge in [-0.2, -0.15) is 0 Å². The third-order valence-electron chi connectivity index (χ3n) is 4.30. The maximum atomic E-state index is 12.3. The molecule has 0 aliphatic heterocycles. The topological polar surface area (TPSA) is 63.1 Å². The van der Waals surface area contributed by atoms with Crippen LogP contribution in [-0.2, 0) is 6.54 Å². The van der Waals surface area contributed by atoms with E-state index in [1.54, 1.807) is 36.5 Å². The van der Waals surface area contributed by atoms with Crippen molar-refractivity contribution < 1.29 is 4.79 Å². The largest absolute Gasteiger partial charge is 0.360 e. The van der Waals surface area contributed by atoms with E-state index in [-0.39, 0.29) is 5.91 Å². The Balaban J connectivity index is 1.54. The number of hydrogen-bond donors (Lipinski definition) is 1. The number of anilines is 2. The van der Waals surface area contributed by atoms with Crippen LogP contribution in [0.25, 0.3) is 0 Å². The molecule has 0 saturated heterocycles. The van der Waals surface area contributed by atoms with Crippen LogP contribution in [0, 0.1) is 6.92 Å². The predicted molar refractivity (Wildman–Crippen MR) is 108 cm³/mol. The van der Waals surface area contributed by atoms with Crippen LogP contribution in [0.4, 0.5) is 11.5 Å². The molecule has 0 spiro atoms. The number of imidazole rings is 1. The maximum absolute atomic E-state index is 12.3. The molecule has 1 aromatic carbocycles. The number of hydrogen-bond acceptors (Lipinski definition) is 4. The van der Waals surface area contributed by atoms with Gasteiger partial charge in [0.2, 0.25) is 0 Å². The zero-order valence-corrected chi connectivity index (χ0v) is 16.1. The van der Waals surface area contributed by atoms with Crippen molar-refractivity contribution in [2.24, 2.45) is 0 Å². The van der Waals surface area contributed by atoms with Crippen molar-refractivity contribution in [2.45, 2.75) is 19.9 Å². The first-order valence-electron chi connectivity index (χ1n) is 8.75. The number of nitrogens with zero attached hydrogens (tertiary/aromatic N) is 4. The van der Waals surface area contributed by atoms with Crippen LogP contribution in [-0.4, -0.2) is 34.0 Å². The number of halogens is 1. The van der Waals surface area contributed by atoms with Crippen molar-refractivity contribution in [3.63, 3.8) is 0 Å². The highest BCUT2D eigenvalue weighted by Crippen LogP contribution is 2.16. The Morgan fingerprint density at radius 1 is 1.26 bits per heavy atom. The van der Waals surface area contributed by atoms with Crippen LogP contribution in [0.3, 0.4) is 0 Å². The second kappa shape index (κ2) is 8.68. The minimum absolute atomic E-state index is 0.213. The number of pyridine rings is 1. The van der Waals surface area contributed by atoms with E-state index < -0.39 is 0 Å². The van der Waals surface area contributed by atoms with Gasteiger partial charge >= 0.3 is 0 Å². The highest BCUT2D eigenvalue weighted by Gasteiger charge is 2.09. The molecule has 140 valence electrons. The summed E-state index contributed by atoms with van der Waals surface area (Å²) < 4.78 is 2.13. The lowest BCUT2D eigenvalue weighted by atomic mass is 10.2. The zero-order chi connectivity index (χ0) is 19.2. The standard InChI is InChI=1S/C20H22ClN5O/c1-15-22-9-12-26(15)11-4-10-25(2)19-8-7-16(14-23-19)20(27)24-18-6-3-5-17(21)13-18/h3,5-9,12-14H,4,10-11H2,1-2H3,(H,24,27). The molecule has 0 aliphatic carbocycles.